The van der Waals surface area contributed by atoms with E-state index in [-0.39, 0.29) is 6.42 Å². The van der Waals surface area contributed by atoms with Crippen molar-refractivity contribution >= 4 is 23.7 Å². The second-order valence-electron chi connectivity index (χ2n) is 10.5. The van der Waals surface area contributed by atoms with Gasteiger partial charge in [-0.25, -0.2) is 14.4 Å². The monoisotopic (exact) mass is 486 g/mol. The van der Waals surface area contributed by atoms with E-state index in [0.29, 0.717) is 44.5 Å². The molecule has 5 atom stereocenters. The zero-order valence-electron chi connectivity index (χ0n) is 20.2. The number of nitrogens with zero attached hydrogens (tertiary/aromatic N) is 2. The number of anilines is 1. The van der Waals surface area contributed by atoms with E-state index in [1.165, 1.54) is 26.0 Å². The van der Waals surface area contributed by atoms with Crippen molar-refractivity contribution in [3.05, 3.63) is 29.8 Å². The minimum atomic E-state index is -2.04. The number of carbonyl (C=O) groups excluding carboxylic acids is 3. The van der Waals surface area contributed by atoms with Gasteiger partial charge in [0.1, 0.15) is 5.54 Å². The highest BCUT2D eigenvalue weighted by atomic mass is 17.2. The predicted octanol–water partition coefficient (Wildman–Crippen LogP) is 2.03. The molecule has 188 valence electrons. The van der Waals surface area contributed by atoms with Crippen molar-refractivity contribution in [1.82, 2.24) is 4.90 Å². The minimum Gasteiger partial charge on any atom is -0.467 e. The van der Waals surface area contributed by atoms with Gasteiger partial charge in [0.25, 0.3) is 0 Å². The van der Waals surface area contributed by atoms with Gasteiger partial charge in [0.15, 0.2) is 11.3 Å². The maximum absolute atomic E-state index is 13.5. The Morgan fingerprint density at radius 2 is 1.77 bits per heavy atom. The van der Waals surface area contributed by atoms with Gasteiger partial charge in [0, 0.05) is 25.4 Å². The first-order valence-electron chi connectivity index (χ1n) is 12.1. The molecule has 1 aromatic carbocycles. The number of hydrogen-bond donors (Lipinski definition) is 1. The number of fused-ring (bicyclic) bond motifs is 3. The third kappa shape index (κ3) is 2.13. The van der Waals surface area contributed by atoms with Crippen LogP contribution in [-0.4, -0.2) is 72.2 Å². The lowest BCUT2D eigenvalue weighted by molar-refractivity contribution is -0.447. The molecule has 2 bridgehead atoms. The first kappa shape index (κ1) is 22.8. The quantitative estimate of drug-likeness (QED) is 0.389. The highest BCUT2D eigenvalue weighted by molar-refractivity contribution is 5.99. The standard InChI is InChI=1S/C25H30N2O8/c1-16(28)34-35-25-21-9-6-13-26(25)14-12-22(25)17-7-4-5-8-18(17)27(20(30)33-3)24(22,11-10-21)23(31,15-21)19(29)32-2/h4-5,7-8,31H,6,9-15H2,1-3H3/t21-,22+,23-,24+,25-/m1/s1. The summed E-state index contributed by atoms with van der Waals surface area (Å²) in [6.45, 7) is 2.58. The summed E-state index contributed by atoms with van der Waals surface area (Å²) in [5.41, 5.74) is -5.17. The van der Waals surface area contributed by atoms with Crippen LogP contribution in [0, 0.1) is 5.41 Å². The van der Waals surface area contributed by atoms with Crippen molar-refractivity contribution in [2.75, 3.05) is 32.2 Å². The van der Waals surface area contributed by atoms with Crippen molar-refractivity contribution in [3.63, 3.8) is 0 Å². The largest absolute Gasteiger partial charge is 0.467 e. The molecule has 3 saturated carbocycles. The van der Waals surface area contributed by atoms with Gasteiger partial charge in [-0.15, -0.1) is 0 Å². The molecule has 3 heterocycles. The van der Waals surface area contributed by atoms with E-state index >= 15 is 0 Å². The molecule has 3 aliphatic heterocycles. The number of carbonyl (C=O) groups is 3. The summed E-state index contributed by atoms with van der Waals surface area (Å²) >= 11 is 0. The highest BCUT2D eigenvalue weighted by Gasteiger charge is 2.93. The van der Waals surface area contributed by atoms with Crippen LogP contribution >= 0.6 is 0 Å². The molecular formula is C25H30N2O8. The van der Waals surface area contributed by atoms with Crippen LogP contribution in [0.15, 0.2) is 24.3 Å². The van der Waals surface area contributed by atoms with Crippen LogP contribution < -0.4 is 4.90 Å². The molecule has 1 N–H and O–H groups in total. The van der Waals surface area contributed by atoms with Gasteiger partial charge in [-0.1, -0.05) is 18.2 Å². The van der Waals surface area contributed by atoms with E-state index < -0.39 is 45.7 Å². The number of amides is 1. The minimum absolute atomic E-state index is 0.00761. The van der Waals surface area contributed by atoms with Crippen LogP contribution in [0.4, 0.5) is 10.5 Å². The number of methoxy groups -OCH3 is 2. The third-order valence-electron chi connectivity index (χ3n) is 9.68. The number of benzene rings is 1. The van der Waals surface area contributed by atoms with Gasteiger partial charge >= 0.3 is 18.0 Å². The Balaban J connectivity index is 1.75. The fraction of sp³-hybridized carbons (Fsp3) is 0.640. The Bertz CT molecular complexity index is 1140. The number of para-hydroxylation sites is 1. The maximum atomic E-state index is 13.5. The summed E-state index contributed by atoms with van der Waals surface area (Å²) in [7, 11) is 2.53. The molecule has 3 aliphatic carbocycles. The topological polar surface area (TPSA) is 115 Å². The number of hydrogen-bond acceptors (Lipinski definition) is 9. The summed E-state index contributed by atoms with van der Waals surface area (Å²) < 4.78 is 10.5. The Morgan fingerprint density at radius 1 is 1.00 bits per heavy atom. The van der Waals surface area contributed by atoms with Gasteiger partial charge in [-0.2, -0.15) is 4.89 Å². The number of rotatable bonds is 3. The first-order chi connectivity index (χ1) is 16.7. The second kappa shape index (κ2) is 6.96. The molecule has 1 aromatic rings. The molecular weight excluding hydrogens is 456 g/mol. The lowest BCUT2D eigenvalue weighted by Crippen LogP contribution is -2.90. The summed E-state index contributed by atoms with van der Waals surface area (Å²) in [6.07, 6.45) is 2.22. The fourth-order valence-corrected chi connectivity index (χ4v) is 8.99. The van der Waals surface area contributed by atoms with Crippen LogP contribution in [0.3, 0.4) is 0 Å². The Kier molecular flexibility index (Phi) is 4.52. The van der Waals surface area contributed by atoms with E-state index in [0.717, 1.165) is 12.0 Å². The Morgan fingerprint density at radius 3 is 2.49 bits per heavy atom. The average Bonchev–Trinajstić information content (AvgIpc) is 3.34. The molecule has 3 spiro atoms. The van der Waals surface area contributed by atoms with Gasteiger partial charge in [0.05, 0.1) is 25.3 Å². The molecule has 10 heteroatoms. The molecule has 2 saturated heterocycles. The van der Waals surface area contributed by atoms with Crippen molar-refractivity contribution in [1.29, 1.82) is 0 Å². The van der Waals surface area contributed by atoms with E-state index in [1.54, 1.807) is 6.07 Å². The van der Waals surface area contributed by atoms with Crippen molar-refractivity contribution < 1.29 is 38.7 Å². The molecule has 0 unspecified atom stereocenters. The number of aliphatic hydroxyl groups is 1. The van der Waals surface area contributed by atoms with E-state index in [2.05, 4.69) is 4.90 Å². The lowest BCUT2D eigenvalue weighted by atomic mass is 9.35. The molecule has 7 rings (SSSR count). The second-order valence-corrected chi connectivity index (χ2v) is 10.5. The van der Waals surface area contributed by atoms with E-state index in [9.17, 15) is 19.5 Å². The zero-order valence-corrected chi connectivity index (χ0v) is 20.2. The number of esters is 1. The fourth-order valence-electron chi connectivity index (χ4n) is 8.99. The normalized spacial score (nSPS) is 40.5. The van der Waals surface area contributed by atoms with Crippen molar-refractivity contribution in [2.24, 2.45) is 5.41 Å². The maximum Gasteiger partial charge on any atom is 0.414 e. The van der Waals surface area contributed by atoms with Crippen molar-refractivity contribution in [3.8, 4) is 0 Å². The Hall–Kier alpha value is -2.69. The summed E-state index contributed by atoms with van der Waals surface area (Å²) in [5.74, 6) is -1.38. The molecule has 0 aromatic heterocycles. The van der Waals surface area contributed by atoms with Crippen molar-refractivity contribution in [2.45, 2.75) is 67.7 Å². The molecule has 6 aliphatic rings. The molecule has 0 radical (unpaired) electrons. The van der Waals surface area contributed by atoms with E-state index in [4.69, 9.17) is 19.2 Å². The van der Waals surface area contributed by atoms with Crippen LogP contribution in [0.2, 0.25) is 0 Å². The first-order valence-corrected chi connectivity index (χ1v) is 12.1. The van der Waals surface area contributed by atoms with Crippen LogP contribution in [0.1, 0.15) is 51.0 Å². The van der Waals surface area contributed by atoms with Gasteiger partial charge in [-0.3, -0.25) is 14.7 Å². The zero-order chi connectivity index (χ0) is 24.9. The van der Waals surface area contributed by atoms with Gasteiger partial charge in [0.2, 0.25) is 0 Å². The van der Waals surface area contributed by atoms with Crippen LogP contribution in [0.25, 0.3) is 0 Å². The molecule has 1 amide bonds. The van der Waals surface area contributed by atoms with Gasteiger partial charge in [-0.05, 0) is 50.2 Å². The van der Waals surface area contributed by atoms with Gasteiger partial charge < -0.3 is 14.6 Å². The summed E-state index contributed by atoms with van der Waals surface area (Å²) in [4.78, 5) is 54.4. The molecule has 5 fully saturated rings. The SMILES string of the molecule is COC(=O)N1c2ccccc2[C@@]23CCN4CCC[C@]5(CC[C@]12[C@](O)(C(=O)OC)C5)[C@]43OOC(C)=O. The lowest BCUT2D eigenvalue weighted by Gasteiger charge is -2.74. The third-order valence-corrected chi connectivity index (χ3v) is 9.68. The smallest absolute Gasteiger partial charge is 0.414 e. The molecule has 10 nitrogen and oxygen atoms in total. The number of piperidine rings is 1. The highest BCUT2D eigenvalue weighted by Crippen LogP contribution is 2.81. The predicted molar refractivity (Wildman–Crippen MR) is 120 cm³/mol. The van der Waals surface area contributed by atoms with Crippen LogP contribution in [0.5, 0.6) is 0 Å². The molecule has 35 heavy (non-hydrogen) atoms. The number of ether oxygens (including phenoxy) is 2. The Labute approximate surface area is 203 Å². The van der Waals surface area contributed by atoms with Crippen LogP contribution in [-0.2, 0) is 34.3 Å². The summed E-state index contributed by atoms with van der Waals surface area (Å²) in [6, 6.07) is 7.41. The van der Waals surface area contributed by atoms with E-state index in [1.807, 2.05) is 18.2 Å². The average molecular weight is 487 g/mol. The summed E-state index contributed by atoms with van der Waals surface area (Å²) in [5, 5.41) is 12.5.